The molecule has 0 bridgehead atoms. The first-order chi connectivity index (χ1) is 13.0. The summed E-state index contributed by atoms with van der Waals surface area (Å²) in [4.78, 5) is 36.4. The van der Waals surface area contributed by atoms with Gasteiger partial charge in [0, 0.05) is 5.56 Å². The molecule has 0 saturated carbocycles. The van der Waals surface area contributed by atoms with E-state index in [0.29, 0.717) is 22.6 Å². The Morgan fingerprint density at radius 3 is 2.26 bits per heavy atom. The van der Waals surface area contributed by atoms with E-state index in [1.165, 1.54) is 21.1 Å². The van der Waals surface area contributed by atoms with Crippen LogP contribution in [0, 0.1) is 0 Å². The maximum atomic E-state index is 12.3. The topological polar surface area (TPSA) is 90.9 Å². The Hall–Kier alpha value is -3.35. The van der Waals surface area contributed by atoms with Crippen LogP contribution in [-0.2, 0) is 9.53 Å². The Kier molecular flexibility index (Phi) is 6.93. The van der Waals surface area contributed by atoms with E-state index in [1.54, 1.807) is 48.5 Å². The lowest BCUT2D eigenvalue weighted by Gasteiger charge is -2.13. The van der Waals surface area contributed by atoms with Crippen LogP contribution >= 0.6 is 0 Å². The molecule has 2 rings (SSSR count). The summed E-state index contributed by atoms with van der Waals surface area (Å²) in [6.45, 7) is 1.11. The van der Waals surface area contributed by atoms with Gasteiger partial charge in [0.1, 0.15) is 18.0 Å². The molecule has 27 heavy (non-hydrogen) atoms. The standard InChI is InChI=1S/C20H21NO6/c1-13(19(23)14-8-10-15(25-2)11-9-14)27-18(22)12-21-20(24)16-6-4-5-7-17(16)26-3/h4-11,13H,12H2,1-3H3,(H,21,24)/t13-/m1/s1. The van der Waals surface area contributed by atoms with Crippen molar-refractivity contribution in [3.8, 4) is 11.5 Å². The number of hydrogen-bond donors (Lipinski definition) is 1. The SMILES string of the molecule is COc1ccc(C(=O)[C@@H](C)OC(=O)CNC(=O)c2ccccc2OC)cc1. The van der Waals surface area contributed by atoms with Crippen LogP contribution in [0.1, 0.15) is 27.6 Å². The van der Waals surface area contributed by atoms with E-state index in [2.05, 4.69) is 5.32 Å². The number of ether oxygens (including phenoxy) is 3. The van der Waals surface area contributed by atoms with E-state index >= 15 is 0 Å². The Balaban J connectivity index is 1.88. The van der Waals surface area contributed by atoms with Gasteiger partial charge >= 0.3 is 5.97 Å². The number of amides is 1. The minimum absolute atomic E-state index is 0.301. The first-order valence-electron chi connectivity index (χ1n) is 8.25. The molecule has 7 nitrogen and oxygen atoms in total. The predicted molar refractivity (Wildman–Crippen MR) is 98.2 cm³/mol. The van der Waals surface area contributed by atoms with Gasteiger partial charge in [0.25, 0.3) is 5.91 Å². The highest BCUT2D eigenvalue weighted by Crippen LogP contribution is 2.17. The van der Waals surface area contributed by atoms with Crippen molar-refractivity contribution in [2.45, 2.75) is 13.0 Å². The maximum absolute atomic E-state index is 12.3. The number of hydrogen-bond acceptors (Lipinski definition) is 6. The Labute approximate surface area is 157 Å². The van der Waals surface area contributed by atoms with E-state index < -0.39 is 18.0 Å². The molecule has 0 heterocycles. The second-order valence-electron chi connectivity index (χ2n) is 5.61. The second-order valence-corrected chi connectivity index (χ2v) is 5.61. The molecule has 0 saturated heterocycles. The third kappa shape index (κ3) is 5.31. The zero-order chi connectivity index (χ0) is 19.8. The van der Waals surface area contributed by atoms with Gasteiger partial charge in [-0.1, -0.05) is 12.1 Å². The van der Waals surface area contributed by atoms with E-state index in [9.17, 15) is 14.4 Å². The molecule has 0 fully saturated rings. The van der Waals surface area contributed by atoms with Crippen molar-refractivity contribution in [3.05, 3.63) is 59.7 Å². The molecule has 1 atom stereocenters. The maximum Gasteiger partial charge on any atom is 0.326 e. The lowest BCUT2D eigenvalue weighted by molar-refractivity contribution is -0.145. The monoisotopic (exact) mass is 371 g/mol. The lowest BCUT2D eigenvalue weighted by Crippen LogP contribution is -2.34. The summed E-state index contributed by atoms with van der Waals surface area (Å²) in [5.74, 6) is -0.519. The molecule has 0 aromatic heterocycles. The van der Waals surface area contributed by atoms with E-state index in [1.807, 2.05) is 0 Å². The van der Waals surface area contributed by atoms with Gasteiger partial charge in [0.05, 0.1) is 19.8 Å². The van der Waals surface area contributed by atoms with E-state index in [-0.39, 0.29) is 12.3 Å². The quantitative estimate of drug-likeness (QED) is 0.565. The third-order valence-corrected chi connectivity index (χ3v) is 3.80. The van der Waals surface area contributed by atoms with E-state index in [0.717, 1.165) is 0 Å². The molecule has 2 aromatic rings. The molecule has 0 spiro atoms. The van der Waals surface area contributed by atoms with Gasteiger partial charge in [-0.15, -0.1) is 0 Å². The highest BCUT2D eigenvalue weighted by atomic mass is 16.5. The largest absolute Gasteiger partial charge is 0.497 e. The van der Waals surface area contributed by atoms with Crippen molar-refractivity contribution in [1.82, 2.24) is 5.32 Å². The number of esters is 1. The first-order valence-corrected chi connectivity index (χ1v) is 8.25. The summed E-state index contributed by atoms with van der Waals surface area (Å²) in [7, 11) is 2.98. The lowest BCUT2D eigenvalue weighted by atomic mass is 10.1. The average molecular weight is 371 g/mol. The minimum Gasteiger partial charge on any atom is -0.497 e. The van der Waals surface area contributed by atoms with E-state index in [4.69, 9.17) is 14.2 Å². The van der Waals surface area contributed by atoms with Crippen LogP contribution in [0.5, 0.6) is 11.5 Å². The number of para-hydroxylation sites is 1. The van der Waals surface area contributed by atoms with Crippen LogP contribution in [-0.4, -0.2) is 44.5 Å². The van der Waals surface area contributed by atoms with Crippen molar-refractivity contribution in [2.24, 2.45) is 0 Å². The molecule has 1 amide bonds. The number of carbonyl (C=O) groups is 3. The molecule has 1 N–H and O–H groups in total. The molecule has 7 heteroatoms. The third-order valence-electron chi connectivity index (χ3n) is 3.80. The van der Waals surface area contributed by atoms with Gasteiger partial charge in [-0.2, -0.15) is 0 Å². The van der Waals surface area contributed by atoms with Crippen molar-refractivity contribution in [3.63, 3.8) is 0 Å². The summed E-state index contributed by atoms with van der Waals surface area (Å²) < 4.78 is 15.2. The molecular formula is C20H21NO6. The van der Waals surface area contributed by atoms with Crippen LogP contribution in [0.15, 0.2) is 48.5 Å². The van der Waals surface area contributed by atoms with Crippen LogP contribution in [0.3, 0.4) is 0 Å². The molecule has 0 aliphatic rings. The number of ketones is 1. The molecule has 142 valence electrons. The number of nitrogens with one attached hydrogen (secondary N) is 1. The second kappa shape index (κ2) is 9.38. The fourth-order valence-corrected chi connectivity index (χ4v) is 2.36. The molecule has 0 unspecified atom stereocenters. The zero-order valence-electron chi connectivity index (χ0n) is 15.4. The Morgan fingerprint density at radius 1 is 0.963 bits per heavy atom. The minimum atomic E-state index is -0.978. The van der Waals surface area contributed by atoms with Gasteiger partial charge in [0.15, 0.2) is 6.10 Å². The number of Topliss-reactive ketones (excluding diaryl/α,β-unsaturated/α-hetero) is 1. The van der Waals surface area contributed by atoms with Crippen molar-refractivity contribution in [1.29, 1.82) is 0 Å². The van der Waals surface area contributed by atoms with Crippen molar-refractivity contribution < 1.29 is 28.6 Å². The van der Waals surface area contributed by atoms with Crippen LogP contribution < -0.4 is 14.8 Å². The van der Waals surface area contributed by atoms with Gasteiger partial charge in [-0.25, -0.2) is 0 Å². The van der Waals surface area contributed by atoms with Crippen LogP contribution in [0.4, 0.5) is 0 Å². The number of methoxy groups -OCH3 is 2. The average Bonchev–Trinajstić information content (AvgIpc) is 2.71. The molecule has 0 radical (unpaired) electrons. The fourth-order valence-electron chi connectivity index (χ4n) is 2.36. The number of rotatable bonds is 8. The molecule has 0 aliphatic heterocycles. The zero-order valence-corrected chi connectivity index (χ0v) is 15.4. The summed E-state index contributed by atoms with van der Waals surface area (Å²) >= 11 is 0. The summed E-state index contributed by atoms with van der Waals surface area (Å²) in [6, 6.07) is 13.1. The highest BCUT2D eigenvalue weighted by molar-refractivity contribution is 6.01. The van der Waals surface area contributed by atoms with Crippen molar-refractivity contribution in [2.75, 3.05) is 20.8 Å². The summed E-state index contributed by atoms with van der Waals surface area (Å²) in [6.07, 6.45) is -0.978. The fraction of sp³-hybridized carbons (Fsp3) is 0.250. The van der Waals surface area contributed by atoms with Crippen LogP contribution in [0.2, 0.25) is 0 Å². The molecule has 2 aromatic carbocycles. The summed E-state index contributed by atoms with van der Waals surface area (Å²) in [5.41, 5.74) is 0.698. The molecular weight excluding hydrogens is 350 g/mol. The van der Waals surface area contributed by atoms with Crippen LogP contribution in [0.25, 0.3) is 0 Å². The first kappa shape index (κ1) is 20.0. The Bertz CT molecular complexity index is 815. The smallest absolute Gasteiger partial charge is 0.326 e. The summed E-state index contributed by atoms with van der Waals surface area (Å²) in [5, 5.41) is 2.45. The molecule has 0 aliphatic carbocycles. The Morgan fingerprint density at radius 2 is 1.63 bits per heavy atom. The predicted octanol–water partition coefficient (Wildman–Crippen LogP) is 2.25. The van der Waals surface area contributed by atoms with Gasteiger partial charge in [-0.3, -0.25) is 14.4 Å². The van der Waals surface area contributed by atoms with Gasteiger partial charge in [-0.05, 0) is 43.3 Å². The number of benzene rings is 2. The normalized spacial score (nSPS) is 11.2. The van der Waals surface area contributed by atoms with Gasteiger partial charge < -0.3 is 19.5 Å². The highest BCUT2D eigenvalue weighted by Gasteiger charge is 2.20. The number of carbonyl (C=O) groups excluding carboxylic acids is 3. The van der Waals surface area contributed by atoms with Crippen molar-refractivity contribution >= 4 is 17.7 Å². The van der Waals surface area contributed by atoms with Gasteiger partial charge in [0.2, 0.25) is 5.78 Å².